The van der Waals surface area contributed by atoms with Gasteiger partial charge in [0, 0.05) is 0 Å². The first kappa shape index (κ1) is 8.58. The van der Waals surface area contributed by atoms with E-state index >= 15 is 0 Å². The van der Waals surface area contributed by atoms with Crippen LogP contribution in [0, 0.1) is 11.7 Å². The van der Waals surface area contributed by atoms with Crippen molar-refractivity contribution < 1.29 is 4.74 Å². The third-order valence-corrected chi connectivity index (χ3v) is 3.35. The fourth-order valence-corrected chi connectivity index (χ4v) is 1.65. The Kier molecular flexibility index (Phi) is 5.44. The molecule has 0 aromatic heterocycles. The summed E-state index contributed by atoms with van der Waals surface area (Å²) in [6, 6.07) is 2.44. The van der Waals surface area contributed by atoms with E-state index < -0.39 is 0 Å². The van der Waals surface area contributed by atoms with Gasteiger partial charge in [0.05, 0.1) is 7.11 Å². The molecule has 0 spiro atoms. The first-order chi connectivity index (χ1) is 4.35. The second kappa shape index (κ2) is 5.71. The average molecular weight is 141 g/mol. The molecule has 9 heavy (non-hydrogen) atoms. The summed E-state index contributed by atoms with van der Waals surface area (Å²) in [5.74, 6) is 0. The lowest BCUT2D eigenvalue weighted by molar-refractivity contribution is 0.372. The van der Waals surface area contributed by atoms with Gasteiger partial charge >= 0.3 is 0 Å². The Bertz CT molecular complexity index is 108. The van der Waals surface area contributed by atoms with E-state index in [1.807, 2.05) is 0 Å². The quantitative estimate of drug-likeness (QED) is 0.420. The van der Waals surface area contributed by atoms with Gasteiger partial charge in [-0.25, -0.2) is 0 Å². The van der Waals surface area contributed by atoms with E-state index in [4.69, 9.17) is 0 Å². The molecule has 0 aromatic carbocycles. The van der Waals surface area contributed by atoms with Crippen LogP contribution in [0.4, 0.5) is 0 Å². The van der Waals surface area contributed by atoms with Crippen LogP contribution in [0.3, 0.4) is 0 Å². The van der Waals surface area contributed by atoms with E-state index in [1.165, 1.54) is 12.1 Å². The number of hydrogen-bond acceptors (Lipinski definition) is 1. The smallest absolute Gasteiger partial charge is 0.148 e. The second-order valence-electron chi connectivity index (χ2n) is 1.74. The van der Waals surface area contributed by atoms with Crippen LogP contribution in [0.5, 0.6) is 0 Å². The minimum absolute atomic E-state index is 0.372. The van der Waals surface area contributed by atoms with Crippen molar-refractivity contribution in [1.29, 1.82) is 0 Å². The Morgan fingerprint density at radius 2 is 1.89 bits per heavy atom. The topological polar surface area (TPSA) is 9.23 Å². The van der Waals surface area contributed by atoms with Crippen molar-refractivity contribution in [2.45, 2.75) is 25.9 Å². The number of ether oxygens (including phenoxy) is 1. The maximum atomic E-state index is 4.64. The zero-order chi connectivity index (χ0) is 7.11. The molecule has 0 saturated heterocycles. The lowest BCUT2D eigenvalue weighted by Crippen LogP contribution is -2.04. The molecular weight excluding hydrogens is 128 g/mol. The van der Waals surface area contributed by atoms with Crippen LogP contribution in [0.15, 0.2) is 0 Å². The summed E-state index contributed by atoms with van der Waals surface area (Å²) in [5.41, 5.74) is 3.10. The zero-order valence-corrected chi connectivity index (χ0v) is 7.32. The van der Waals surface area contributed by atoms with Gasteiger partial charge in [-0.3, -0.25) is 0 Å². The number of rotatable bonds is 2. The number of methoxy groups -OCH3 is 1. The predicted molar refractivity (Wildman–Crippen MR) is 41.5 cm³/mol. The summed E-state index contributed by atoms with van der Waals surface area (Å²) in [6.07, 6.45) is 2.65. The zero-order valence-electron chi connectivity index (χ0n) is 6.32. The largest absolute Gasteiger partial charge is 0.450 e. The van der Waals surface area contributed by atoms with Gasteiger partial charge in [0.2, 0.25) is 0 Å². The lowest BCUT2D eigenvalue weighted by Gasteiger charge is -1.95. The monoisotopic (exact) mass is 141 g/mol. The maximum absolute atomic E-state index is 4.64. The number of hydrogen-bond donors (Lipinski definition) is 0. The van der Waals surface area contributed by atoms with Crippen LogP contribution in [0.1, 0.15) is 13.8 Å². The average Bonchev–Trinajstić information content (AvgIpc) is 1.91. The molecule has 0 bridgehead atoms. The second-order valence-corrected chi connectivity index (χ2v) is 4.61. The Labute approximate surface area is 59.0 Å². The van der Waals surface area contributed by atoms with Gasteiger partial charge in [0.15, 0.2) is 0 Å². The molecule has 0 aliphatic heterocycles. The molecular formula is C7H13OSi. The van der Waals surface area contributed by atoms with Gasteiger partial charge in [-0.15, -0.1) is 0 Å². The predicted octanol–water partition coefficient (Wildman–Crippen LogP) is 1.67. The molecule has 0 rings (SSSR count). The van der Waals surface area contributed by atoms with E-state index in [0.717, 1.165) is 0 Å². The van der Waals surface area contributed by atoms with Gasteiger partial charge in [0.1, 0.15) is 14.9 Å². The molecule has 0 saturated carbocycles. The van der Waals surface area contributed by atoms with Crippen molar-refractivity contribution in [3.05, 3.63) is 0 Å². The van der Waals surface area contributed by atoms with Crippen molar-refractivity contribution in [3.8, 4) is 11.7 Å². The van der Waals surface area contributed by atoms with Crippen molar-refractivity contribution in [3.63, 3.8) is 0 Å². The SMILES string of the molecule is CC[Si](C#COC)CC. The van der Waals surface area contributed by atoms with Crippen LogP contribution in [-0.4, -0.2) is 15.9 Å². The summed E-state index contributed by atoms with van der Waals surface area (Å²) in [4.78, 5) is 0. The van der Waals surface area contributed by atoms with Crippen LogP contribution in [0.25, 0.3) is 0 Å². The van der Waals surface area contributed by atoms with Gasteiger partial charge in [-0.05, 0) is 0 Å². The van der Waals surface area contributed by atoms with Crippen LogP contribution >= 0.6 is 0 Å². The van der Waals surface area contributed by atoms with Crippen LogP contribution in [-0.2, 0) is 4.74 Å². The third-order valence-electron chi connectivity index (χ3n) is 1.18. The van der Waals surface area contributed by atoms with Crippen molar-refractivity contribution in [2.24, 2.45) is 0 Å². The van der Waals surface area contributed by atoms with Crippen molar-refractivity contribution in [1.82, 2.24) is 0 Å². The highest BCUT2D eigenvalue weighted by atomic mass is 28.3. The fraction of sp³-hybridized carbons (Fsp3) is 0.714. The summed E-state index contributed by atoms with van der Waals surface area (Å²) in [6.45, 7) is 4.37. The molecule has 1 radical (unpaired) electrons. The molecule has 0 atom stereocenters. The third kappa shape index (κ3) is 4.10. The van der Waals surface area contributed by atoms with E-state index in [2.05, 4.69) is 30.2 Å². The minimum atomic E-state index is -0.372. The Morgan fingerprint density at radius 3 is 2.22 bits per heavy atom. The molecule has 0 aromatic rings. The summed E-state index contributed by atoms with van der Waals surface area (Å²) in [5, 5.41) is 0. The molecule has 0 unspecified atom stereocenters. The lowest BCUT2D eigenvalue weighted by atomic mass is 10.9. The van der Waals surface area contributed by atoms with E-state index in [9.17, 15) is 0 Å². The maximum Gasteiger partial charge on any atom is 0.148 e. The Balaban J connectivity index is 3.54. The first-order valence-corrected chi connectivity index (χ1v) is 5.15. The minimum Gasteiger partial charge on any atom is -0.450 e. The summed E-state index contributed by atoms with van der Waals surface area (Å²) in [7, 11) is 1.24. The molecule has 51 valence electrons. The van der Waals surface area contributed by atoms with Crippen LogP contribution < -0.4 is 0 Å². The Morgan fingerprint density at radius 1 is 1.33 bits per heavy atom. The molecule has 0 aliphatic rings. The van der Waals surface area contributed by atoms with E-state index in [-0.39, 0.29) is 8.80 Å². The standard InChI is InChI=1S/C7H13OSi/c1-4-9(5-2)7-6-8-3/h4-5H2,1-3H3. The highest BCUT2D eigenvalue weighted by Crippen LogP contribution is 1.94. The molecule has 0 N–H and O–H groups in total. The van der Waals surface area contributed by atoms with Crippen molar-refractivity contribution in [2.75, 3.05) is 7.11 Å². The molecule has 0 aliphatic carbocycles. The van der Waals surface area contributed by atoms with Gasteiger partial charge in [0.25, 0.3) is 0 Å². The van der Waals surface area contributed by atoms with E-state index in [0.29, 0.717) is 0 Å². The van der Waals surface area contributed by atoms with Gasteiger partial charge in [-0.2, -0.15) is 0 Å². The highest BCUT2D eigenvalue weighted by molar-refractivity contribution is 6.67. The van der Waals surface area contributed by atoms with Crippen molar-refractivity contribution >= 4 is 8.80 Å². The molecule has 1 nitrogen and oxygen atoms in total. The Hall–Kier alpha value is -0.423. The summed E-state index contributed by atoms with van der Waals surface area (Å²) >= 11 is 0. The summed E-state index contributed by atoms with van der Waals surface area (Å²) < 4.78 is 4.64. The molecule has 0 amide bonds. The fourth-order valence-electron chi connectivity index (χ4n) is 0.550. The van der Waals surface area contributed by atoms with Crippen LogP contribution in [0.2, 0.25) is 12.1 Å². The van der Waals surface area contributed by atoms with Gasteiger partial charge in [-0.1, -0.05) is 31.5 Å². The molecule has 2 heteroatoms. The van der Waals surface area contributed by atoms with Gasteiger partial charge < -0.3 is 4.74 Å². The van der Waals surface area contributed by atoms with E-state index in [1.54, 1.807) is 7.11 Å². The molecule has 0 fully saturated rings. The first-order valence-electron chi connectivity index (χ1n) is 3.23. The highest BCUT2D eigenvalue weighted by Gasteiger charge is 1.99. The normalized spacial score (nSPS) is 8.44. The molecule has 0 heterocycles.